The summed E-state index contributed by atoms with van der Waals surface area (Å²) in [6.45, 7) is 0.351. The van der Waals surface area contributed by atoms with Gasteiger partial charge in [-0.05, 0) is 46.8 Å². The van der Waals surface area contributed by atoms with Crippen LogP contribution in [0, 0.1) is 5.92 Å². The molecule has 110 valence electrons. The third-order valence-electron chi connectivity index (χ3n) is 3.38. The van der Waals surface area contributed by atoms with Crippen LogP contribution in [-0.2, 0) is 0 Å². The first-order chi connectivity index (χ1) is 9.51. The Balaban J connectivity index is 1.92. The van der Waals surface area contributed by atoms with E-state index >= 15 is 0 Å². The molecule has 2 rings (SSSR count). The van der Waals surface area contributed by atoms with Crippen LogP contribution in [0.5, 0.6) is 5.75 Å². The lowest BCUT2D eigenvalue weighted by Crippen LogP contribution is -2.38. The molecule has 1 atom stereocenters. The first kappa shape index (κ1) is 15.1. The second-order valence-electron chi connectivity index (χ2n) is 5.06. The third-order valence-corrected chi connectivity index (χ3v) is 4.03. The van der Waals surface area contributed by atoms with Crippen molar-refractivity contribution in [2.45, 2.75) is 18.9 Å². The van der Waals surface area contributed by atoms with E-state index in [1.54, 1.807) is 26.3 Å². The lowest BCUT2D eigenvalue weighted by molar-refractivity contribution is 0.117. The van der Waals surface area contributed by atoms with Crippen molar-refractivity contribution in [1.29, 1.82) is 0 Å². The van der Waals surface area contributed by atoms with Crippen molar-refractivity contribution in [1.82, 2.24) is 4.90 Å². The fourth-order valence-corrected chi connectivity index (χ4v) is 2.36. The van der Waals surface area contributed by atoms with Gasteiger partial charge in [-0.2, -0.15) is 0 Å². The normalized spacial score (nSPS) is 15.6. The molecule has 1 aromatic rings. The van der Waals surface area contributed by atoms with Crippen LogP contribution < -0.4 is 10.1 Å². The molecule has 20 heavy (non-hydrogen) atoms. The standard InChI is InChI=1S/C14H19BrN2O3/c1-17(8-12(18)9-3-4-9)14(19)16-10-5-6-11(15)13(7-10)20-2/h5-7,9,12,18H,3-4,8H2,1-2H3,(H,16,19). The predicted molar refractivity (Wildman–Crippen MR) is 81.1 cm³/mol. The van der Waals surface area contributed by atoms with Crippen LogP contribution in [0.3, 0.4) is 0 Å². The average Bonchev–Trinajstić information content (AvgIpc) is 3.25. The summed E-state index contributed by atoms with van der Waals surface area (Å²) in [4.78, 5) is 13.5. The second-order valence-corrected chi connectivity index (χ2v) is 5.92. The Morgan fingerprint density at radius 1 is 1.60 bits per heavy atom. The number of nitrogens with one attached hydrogen (secondary N) is 1. The molecule has 1 aliphatic rings. The molecule has 6 heteroatoms. The number of rotatable bonds is 5. The third kappa shape index (κ3) is 3.86. The molecule has 0 spiro atoms. The van der Waals surface area contributed by atoms with E-state index in [4.69, 9.17) is 4.74 Å². The first-order valence-electron chi connectivity index (χ1n) is 6.55. The predicted octanol–water partition coefficient (Wildman–Crippen LogP) is 2.69. The van der Waals surface area contributed by atoms with Crippen LogP contribution in [0.1, 0.15) is 12.8 Å². The largest absolute Gasteiger partial charge is 0.495 e. The summed E-state index contributed by atoms with van der Waals surface area (Å²) < 4.78 is 6.01. The van der Waals surface area contributed by atoms with Gasteiger partial charge < -0.3 is 20.1 Å². The number of nitrogens with zero attached hydrogens (tertiary/aromatic N) is 1. The quantitative estimate of drug-likeness (QED) is 0.864. The van der Waals surface area contributed by atoms with Crippen molar-refractivity contribution >= 4 is 27.6 Å². The molecule has 0 aliphatic heterocycles. The van der Waals surface area contributed by atoms with Crippen molar-refractivity contribution < 1.29 is 14.6 Å². The Labute approximate surface area is 127 Å². The lowest BCUT2D eigenvalue weighted by Gasteiger charge is -2.21. The van der Waals surface area contributed by atoms with Gasteiger partial charge in [0.05, 0.1) is 17.7 Å². The van der Waals surface area contributed by atoms with Gasteiger partial charge in [0.25, 0.3) is 0 Å². The molecule has 0 aromatic heterocycles. The number of benzene rings is 1. The molecule has 2 N–H and O–H groups in total. The zero-order valence-electron chi connectivity index (χ0n) is 11.6. The number of methoxy groups -OCH3 is 1. The molecular weight excluding hydrogens is 324 g/mol. The molecule has 2 amide bonds. The van der Waals surface area contributed by atoms with Crippen LogP contribution in [-0.4, -0.2) is 42.8 Å². The molecule has 0 saturated heterocycles. The van der Waals surface area contributed by atoms with E-state index in [9.17, 15) is 9.90 Å². The van der Waals surface area contributed by atoms with Crippen molar-refractivity contribution in [2.75, 3.05) is 26.0 Å². The summed E-state index contributed by atoms with van der Waals surface area (Å²) in [6, 6.07) is 5.10. The molecule has 1 aliphatic carbocycles. The van der Waals surface area contributed by atoms with E-state index in [0.29, 0.717) is 23.9 Å². The zero-order valence-corrected chi connectivity index (χ0v) is 13.2. The summed E-state index contributed by atoms with van der Waals surface area (Å²) in [5, 5.41) is 12.6. The molecule has 0 bridgehead atoms. The van der Waals surface area contributed by atoms with Gasteiger partial charge in [0.2, 0.25) is 0 Å². The highest BCUT2D eigenvalue weighted by Crippen LogP contribution is 2.33. The van der Waals surface area contributed by atoms with E-state index in [-0.39, 0.29) is 6.03 Å². The van der Waals surface area contributed by atoms with E-state index in [1.165, 1.54) is 4.90 Å². The summed E-state index contributed by atoms with van der Waals surface area (Å²) in [5.41, 5.74) is 0.655. The highest BCUT2D eigenvalue weighted by Gasteiger charge is 2.31. The van der Waals surface area contributed by atoms with Crippen LogP contribution in [0.2, 0.25) is 0 Å². The fraction of sp³-hybridized carbons (Fsp3) is 0.500. The zero-order chi connectivity index (χ0) is 14.7. The van der Waals surface area contributed by atoms with Gasteiger partial charge in [-0.25, -0.2) is 4.79 Å². The minimum absolute atomic E-state index is 0.242. The summed E-state index contributed by atoms with van der Waals surface area (Å²) in [5.74, 6) is 1.02. The first-order valence-corrected chi connectivity index (χ1v) is 7.34. The van der Waals surface area contributed by atoms with Gasteiger partial charge in [0, 0.05) is 25.3 Å². The highest BCUT2D eigenvalue weighted by atomic mass is 79.9. The number of ether oxygens (including phenoxy) is 1. The number of anilines is 1. The van der Waals surface area contributed by atoms with Gasteiger partial charge in [-0.15, -0.1) is 0 Å². The Bertz CT molecular complexity index is 491. The number of halogens is 1. The van der Waals surface area contributed by atoms with E-state index in [0.717, 1.165) is 17.3 Å². The summed E-state index contributed by atoms with van der Waals surface area (Å²) in [7, 11) is 3.25. The van der Waals surface area contributed by atoms with E-state index in [1.807, 2.05) is 6.07 Å². The second kappa shape index (κ2) is 6.45. The van der Waals surface area contributed by atoms with Crippen molar-refractivity contribution in [3.05, 3.63) is 22.7 Å². The molecule has 1 saturated carbocycles. The Hall–Kier alpha value is -1.27. The van der Waals surface area contributed by atoms with Crippen molar-refractivity contribution in [3.63, 3.8) is 0 Å². The van der Waals surface area contributed by atoms with Crippen molar-refractivity contribution in [2.24, 2.45) is 5.92 Å². The number of urea groups is 1. The minimum atomic E-state index is -0.426. The van der Waals surface area contributed by atoms with Crippen LogP contribution >= 0.6 is 15.9 Å². The number of aliphatic hydroxyl groups excluding tert-OH is 1. The topological polar surface area (TPSA) is 61.8 Å². The number of amides is 2. The maximum atomic E-state index is 12.0. The number of hydrogen-bond donors (Lipinski definition) is 2. The average molecular weight is 343 g/mol. The maximum Gasteiger partial charge on any atom is 0.321 e. The molecule has 1 aromatic carbocycles. The minimum Gasteiger partial charge on any atom is -0.495 e. The van der Waals surface area contributed by atoms with Crippen LogP contribution in [0.25, 0.3) is 0 Å². The van der Waals surface area contributed by atoms with E-state index < -0.39 is 6.10 Å². The number of carbonyl (C=O) groups excluding carboxylic acids is 1. The number of hydrogen-bond acceptors (Lipinski definition) is 3. The fourth-order valence-electron chi connectivity index (χ4n) is 1.95. The van der Waals surface area contributed by atoms with Gasteiger partial charge in [0.1, 0.15) is 5.75 Å². The van der Waals surface area contributed by atoms with Crippen LogP contribution in [0.4, 0.5) is 10.5 Å². The molecule has 0 heterocycles. The molecular formula is C14H19BrN2O3. The van der Waals surface area contributed by atoms with Gasteiger partial charge in [-0.1, -0.05) is 0 Å². The number of aliphatic hydroxyl groups is 1. The Morgan fingerprint density at radius 3 is 2.90 bits per heavy atom. The lowest BCUT2D eigenvalue weighted by atomic mass is 10.2. The number of carbonyl (C=O) groups is 1. The Kier molecular flexibility index (Phi) is 4.88. The highest BCUT2D eigenvalue weighted by molar-refractivity contribution is 9.10. The Morgan fingerprint density at radius 2 is 2.30 bits per heavy atom. The molecule has 1 unspecified atom stereocenters. The van der Waals surface area contributed by atoms with Gasteiger partial charge >= 0.3 is 6.03 Å². The maximum absolute atomic E-state index is 12.0. The van der Waals surface area contributed by atoms with E-state index in [2.05, 4.69) is 21.2 Å². The van der Waals surface area contributed by atoms with Gasteiger partial charge in [0.15, 0.2) is 0 Å². The van der Waals surface area contributed by atoms with Gasteiger partial charge in [-0.3, -0.25) is 0 Å². The summed E-state index contributed by atoms with van der Waals surface area (Å²) in [6.07, 6.45) is 1.69. The van der Waals surface area contributed by atoms with Crippen LogP contribution in [0.15, 0.2) is 22.7 Å². The SMILES string of the molecule is COc1cc(NC(=O)N(C)CC(O)C2CC2)ccc1Br. The molecule has 5 nitrogen and oxygen atoms in total. The molecule has 0 radical (unpaired) electrons. The number of likely N-dealkylation sites (N-methyl/N-ethyl adjacent to an activating group) is 1. The monoisotopic (exact) mass is 342 g/mol. The van der Waals surface area contributed by atoms with Crippen molar-refractivity contribution in [3.8, 4) is 5.75 Å². The summed E-state index contributed by atoms with van der Waals surface area (Å²) >= 11 is 3.36. The molecule has 1 fully saturated rings. The smallest absolute Gasteiger partial charge is 0.321 e.